The number of halogens is 2. The highest BCUT2D eigenvalue weighted by Crippen LogP contribution is 2.26. The second-order valence-corrected chi connectivity index (χ2v) is 5.37. The molecule has 104 valence electrons. The number of hydrogen-bond acceptors (Lipinski definition) is 3. The van der Waals surface area contributed by atoms with Gasteiger partial charge in [0.15, 0.2) is 5.15 Å². The largest absolute Gasteiger partial charge is 0.493 e. The molecule has 0 aliphatic carbocycles. The fourth-order valence-corrected chi connectivity index (χ4v) is 2.53. The Hall–Kier alpha value is -1.52. The fourth-order valence-electron chi connectivity index (χ4n) is 2.25. The van der Waals surface area contributed by atoms with Crippen LogP contribution in [0.15, 0.2) is 29.3 Å². The highest BCUT2D eigenvalue weighted by molar-refractivity contribution is 6.40. The lowest BCUT2D eigenvalue weighted by molar-refractivity contribution is 0.357. The van der Waals surface area contributed by atoms with Gasteiger partial charge in [-0.2, -0.15) is 0 Å². The lowest BCUT2D eigenvalue weighted by Crippen LogP contribution is -2.22. The van der Waals surface area contributed by atoms with Crippen LogP contribution in [0.5, 0.6) is 5.75 Å². The quantitative estimate of drug-likeness (QED) is 0.819. The highest BCUT2D eigenvalue weighted by Gasteiger charge is 2.12. The van der Waals surface area contributed by atoms with E-state index in [4.69, 9.17) is 27.9 Å². The summed E-state index contributed by atoms with van der Waals surface area (Å²) in [5.41, 5.74) is 2.07. The van der Waals surface area contributed by atoms with Gasteiger partial charge in [0, 0.05) is 13.0 Å². The Morgan fingerprint density at radius 1 is 1.35 bits per heavy atom. The van der Waals surface area contributed by atoms with Crippen molar-refractivity contribution in [2.75, 3.05) is 6.61 Å². The molecular weight excluding hydrogens is 299 g/mol. The van der Waals surface area contributed by atoms with Crippen molar-refractivity contribution in [2.24, 2.45) is 0 Å². The number of nitrogens with zero attached hydrogens (tertiary/aromatic N) is 2. The molecule has 0 bridgehead atoms. The van der Waals surface area contributed by atoms with Gasteiger partial charge in [0.1, 0.15) is 10.8 Å². The van der Waals surface area contributed by atoms with Crippen molar-refractivity contribution < 1.29 is 4.74 Å². The Labute approximate surface area is 125 Å². The molecule has 1 aromatic carbocycles. The van der Waals surface area contributed by atoms with Crippen LogP contribution < -0.4 is 10.3 Å². The Morgan fingerprint density at radius 2 is 2.20 bits per heavy atom. The summed E-state index contributed by atoms with van der Waals surface area (Å²) in [6.45, 7) is 1.26. The molecule has 0 fully saturated rings. The van der Waals surface area contributed by atoms with Crippen LogP contribution >= 0.6 is 23.2 Å². The summed E-state index contributed by atoms with van der Waals surface area (Å²) >= 11 is 11.5. The minimum atomic E-state index is -0.309. The lowest BCUT2D eigenvalue weighted by Gasteiger charge is -2.07. The van der Waals surface area contributed by atoms with E-state index in [0.717, 1.165) is 30.8 Å². The molecule has 1 aliphatic rings. The van der Waals surface area contributed by atoms with Gasteiger partial charge in [-0.05, 0) is 23.6 Å². The molecule has 0 N–H and O–H groups in total. The minimum Gasteiger partial charge on any atom is -0.493 e. The van der Waals surface area contributed by atoms with Crippen LogP contribution in [-0.4, -0.2) is 16.2 Å². The van der Waals surface area contributed by atoms with Crippen LogP contribution in [0.4, 0.5) is 0 Å². The van der Waals surface area contributed by atoms with Crippen LogP contribution in [0.25, 0.3) is 0 Å². The van der Waals surface area contributed by atoms with Gasteiger partial charge in [-0.15, -0.1) is 0 Å². The van der Waals surface area contributed by atoms with Crippen molar-refractivity contribution in [3.63, 3.8) is 0 Å². The third kappa shape index (κ3) is 2.53. The zero-order valence-electron chi connectivity index (χ0n) is 10.6. The van der Waals surface area contributed by atoms with E-state index in [1.54, 1.807) is 0 Å². The van der Waals surface area contributed by atoms with E-state index in [9.17, 15) is 4.79 Å². The summed E-state index contributed by atoms with van der Waals surface area (Å²) in [6.07, 6.45) is 3.09. The molecule has 0 saturated carbocycles. The van der Waals surface area contributed by atoms with Crippen LogP contribution in [0.2, 0.25) is 10.2 Å². The summed E-state index contributed by atoms with van der Waals surface area (Å²) in [4.78, 5) is 15.8. The Bertz CT molecular complexity index is 713. The molecule has 1 aromatic heterocycles. The van der Waals surface area contributed by atoms with Gasteiger partial charge >= 0.3 is 0 Å². The molecular formula is C14H12Cl2N2O2. The lowest BCUT2D eigenvalue weighted by atomic mass is 10.1. The zero-order chi connectivity index (χ0) is 14.1. The summed E-state index contributed by atoms with van der Waals surface area (Å²) in [7, 11) is 0. The maximum atomic E-state index is 11.9. The van der Waals surface area contributed by atoms with E-state index in [1.807, 2.05) is 12.1 Å². The van der Waals surface area contributed by atoms with Crippen molar-refractivity contribution in [2.45, 2.75) is 19.4 Å². The van der Waals surface area contributed by atoms with Crippen molar-refractivity contribution in [3.05, 3.63) is 56.2 Å². The van der Waals surface area contributed by atoms with E-state index in [2.05, 4.69) is 11.1 Å². The molecule has 4 nitrogen and oxygen atoms in total. The molecule has 20 heavy (non-hydrogen) atoms. The normalized spacial score (nSPS) is 13.1. The molecule has 0 saturated heterocycles. The predicted octanol–water partition coefficient (Wildman–Crippen LogP) is 2.73. The van der Waals surface area contributed by atoms with Gasteiger partial charge in [-0.3, -0.25) is 9.36 Å². The number of benzene rings is 1. The van der Waals surface area contributed by atoms with Crippen LogP contribution in [-0.2, 0) is 19.4 Å². The predicted molar refractivity (Wildman–Crippen MR) is 77.9 cm³/mol. The van der Waals surface area contributed by atoms with Crippen LogP contribution in [0, 0.1) is 0 Å². The summed E-state index contributed by atoms with van der Waals surface area (Å²) in [6, 6.07) is 6.12. The third-order valence-corrected chi connectivity index (χ3v) is 4.06. The smallest absolute Gasteiger partial charge is 0.273 e. The van der Waals surface area contributed by atoms with Crippen molar-refractivity contribution in [1.82, 2.24) is 9.55 Å². The van der Waals surface area contributed by atoms with Gasteiger partial charge in [0.2, 0.25) is 0 Å². The van der Waals surface area contributed by atoms with Gasteiger partial charge in [-0.1, -0.05) is 35.3 Å². The molecule has 0 atom stereocenters. The average Bonchev–Trinajstić information content (AvgIpc) is 2.91. The number of aryl methyl sites for hydroxylation is 2. The third-order valence-electron chi connectivity index (χ3n) is 3.34. The number of fused-ring (bicyclic) bond motifs is 1. The topological polar surface area (TPSA) is 44.1 Å². The second kappa shape index (κ2) is 5.46. The van der Waals surface area contributed by atoms with E-state index in [1.165, 1.54) is 16.5 Å². The Kier molecular flexibility index (Phi) is 3.68. The average molecular weight is 311 g/mol. The van der Waals surface area contributed by atoms with Crippen molar-refractivity contribution >= 4 is 23.2 Å². The first kappa shape index (κ1) is 13.5. The maximum absolute atomic E-state index is 11.9. The summed E-state index contributed by atoms with van der Waals surface area (Å²) in [5, 5.41) is 0.0131. The van der Waals surface area contributed by atoms with E-state index < -0.39 is 0 Å². The molecule has 2 heterocycles. The van der Waals surface area contributed by atoms with E-state index in [-0.39, 0.29) is 15.7 Å². The molecule has 0 spiro atoms. The second-order valence-electron chi connectivity index (χ2n) is 4.64. The molecule has 1 aliphatic heterocycles. The highest BCUT2D eigenvalue weighted by atomic mass is 35.5. The number of ether oxygens (including phenoxy) is 1. The standard InChI is InChI=1S/C14H12Cl2N2O2/c15-12-13(16)17-8-18(14(12)19)5-3-9-1-2-11-10(7-9)4-6-20-11/h1-2,7-8H,3-6H2. The first-order valence-corrected chi connectivity index (χ1v) is 7.06. The van der Waals surface area contributed by atoms with Crippen LogP contribution in [0.3, 0.4) is 0 Å². The van der Waals surface area contributed by atoms with Gasteiger partial charge in [0.25, 0.3) is 5.56 Å². The minimum absolute atomic E-state index is 0.0310. The zero-order valence-corrected chi connectivity index (χ0v) is 12.1. The number of aromatic nitrogens is 2. The Morgan fingerprint density at radius 3 is 3.05 bits per heavy atom. The Balaban J connectivity index is 1.77. The fraction of sp³-hybridized carbons (Fsp3) is 0.286. The molecule has 0 radical (unpaired) electrons. The van der Waals surface area contributed by atoms with Gasteiger partial charge in [-0.25, -0.2) is 4.98 Å². The molecule has 0 amide bonds. The number of hydrogen-bond donors (Lipinski definition) is 0. The van der Waals surface area contributed by atoms with E-state index >= 15 is 0 Å². The van der Waals surface area contributed by atoms with Gasteiger partial charge < -0.3 is 4.74 Å². The summed E-state index contributed by atoms with van der Waals surface area (Å²) in [5.74, 6) is 0.960. The number of rotatable bonds is 3. The van der Waals surface area contributed by atoms with Gasteiger partial charge in [0.05, 0.1) is 12.9 Å². The first-order valence-electron chi connectivity index (χ1n) is 6.30. The molecule has 6 heteroatoms. The van der Waals surface area contributed by atoms with E-state index in [0.29, 0.717) is 6.54 Å². The first-order chi connectivity index (χ1) is 9.65. The maximum Gasteiger partial charge on any atom is 0.273 e. The van der Waals surface area contributed by atoms with Crippen LogP contribution in [0.1, 0.15) is 11.1 Å². The molecule has 3 rings (SSSR count). The summed E-state index contributed by atoms with van der Waals surface area (Å²) < 4.78 is 6.94. The van der Waals surface area contributed by atoms with Crippen molar-refractivity contribution in [1.29, 1.82) is 0 Å². The molecule has 0 unspecified atom stereocenters. The van der Waals surface area contributed by atoms with Crippen molar-refractivity contribution in [3.8, 4) is 5.75 Å². The SMILES string of the molecule is O=c1c(Cl)c(Cl)ncn1CCc1ccc2c(c1)CCO2. The monoisotopic (exact) mass is 310 g/mol. The molecule has 2 aromatic rings.